The number of thiazole rings is 1. The molecular weight excluding hydrogens is 220 g/mol. The molecule has 0 fully saturated rings. The van der Waals surface area contributed by atoms with Crippen LogP contribution in [-0.4, -0.2) is 21.8 Å². The second-order valence-electron chi connectivity index (χ2n) is 2.77. The molecule has 1 aromatic rings. The van der Waals surface area contributed by atoms with E-state index in [9.17, 15) is 4.79 Å². The van der Waals surface area contributed by atoms with Crippen LogP contribution in [0, 0.1) is 6.92 Å². The van der Waals surface area contributed by atoms with E-state index in [0.717, 1.165) is 15.7 Å². The number of rotatable bonds is 5. The van der Waals surface area contributed by atoms with Gasteiger partial charge in [0.1, 0.15) is 0 Å². The summed E-state index contributed by atoms with van der Waals surface area (Å²) in [5.74, 6) is 0.0561. The maximum atomic E-state index is 10.2. The minimum Gasteiger partial charge on any atom is -0.481 e. The fourth-order valence-corrected chi connectivity index (χ4v) is 2.96. The van der Waals surface area contributed by atoms with Gasteiger partial charge in [-0.3, -0.25) is 4.79 Å². The summed E-state index contributed by atoms with van der Waals surface area (Å²) in [5, 5.41) is 9.00. The number of anilines is 1. The highest BCUT2D eigenvalue weighted by molar-refractivity contribution is 8.01. The zero-order valence-electron chi connectivity index (χ0n) is 7.82. The molecule has 1 rings (SSSR count). The Morgan fingerprint density at radius 1 is 1.71 bits per heavy atom. The van der Waals surface area contributed by atoms with Gasteiger partial charge in [0.05, 0.1) is 9.90 Å². The maximum Gasteiger partial charge on any atom is 0.303 e. The molecule has 0 saturated heterocycles. The first-order valence-corrected chi connectivity index (χ1v) is 5.97. The van der Waals surface area contributed by atoms with Gasteiger partial charge in [-0.1, -0.05) is 11.3 Å². The molecule has 0 aliphatic heterocycles. The average Bonchev–Trinajstić information content (AvgIpc) is 2.39. The fourth-order valence-electron chi connectivity index (χ4n) is 0.925. The Hall–Kier alpha value is -0.750. The average molecular weight is 232 g/mol. The molecule has 0 aliphatic rings. The fraction of sp³-hybridized carbons (Fsp3) is 0.500. The van der Waals surface area contributed by atoms with E-state index in [-0.39, 0.29) is 6.42 Å². The summed E-state index contributed by atoms with van der Waals surface area (Å²) < 4.78 is 1.09. The number of nitrogen functional groups attached to an aromatic ring is 1. The van der Waals surface area contributed by atoms with Crippen molar-refractivity contribution in [3.63, 3.8) is 0 Å². The van der Waals surface area contributed by atoms with E-state index < -0.39 is 5.97 Å². The van der Waals surface area contributed by atoms with E-state index >= 15 is 0 Å². The Bertz CT molecular complexity index is 325. The molecule has 0 saturated carbocycles. The lowest BCUT2D eigenvalue weighted by atomic mass is 10.3. The number of hydrogen-bond donors (Lipinski definition) is 2. The van der Waals surface area contributed by atoms with Gasteiger partial charge in [-0.25, -0.2) is 4.98 Å². The largest absolute Gasteiger partial charge is 0.481 e. The Labute approximate surface area is 90.5 Å². The standard InChI is InChI=1S/C8H12N2O2S2/c1-5-7(14-8(9)10-5)13-4-2-3-6(11)12/h2-4H2,1H3,(H2,9,10)(H,11,12). The van der Waals surface area contributed by atoms with Crippen molar-refractivity contribution in [1.29, 1.82) is 0 Å². The molecule has 14 heavy (non-hydrogen) atoms. The van der Waals surface area contributed by atoms with Gasteiger partial charge in [-0.2, -0.15) is 0 Å². The van der Waals surface area contributed by atoms with Crippen molar-refractivity contribution < 1.29 is 9.90 Å². The number of carboxylic acid groups (broad SMARTS) is 1. The number of aryl methyl sites for hydroxylation is 1. The minimum atomic E-state index is -0.744. The lowest BCUT2D eigenvalue weighted by Crippen LogP contribution is -1.94. The number of hydrogen-bond acceptors (Lipinski definition) is 5. The SMILES string of the molecule is Cc1nc(N)sc1SCCCC(=O)O. The summed E-state index contributed by atoms with van der Waals surface area (Å²) >= 11 is 3.08. The lowest BCUT2D eigenvalue weighted by Gasteiger charge is -1.96. The highest BCUT2D eigenvalue weighted by Gasteiger charge is 2.05. The second-order valence-corrected chi connectivity index (χ2v) is 5.16. The van der Waals surface area contributed by atoms with Crippen molar-refractivity contribution in [2.24, 2.45) is 0 Å². The van der Waals surface area contributed by atoms with Crippen molar-refractivity contribution in [1.82, 2.24) is 4.98 Å². The van der Waals surface area contributed by atoms with E-state index in [1.807, 2.05) is 6.92 Å². The quantitative estimate of drug-likeness (QED) is 0.599. The molecule has 0 unspecified atom stereocenters. The van der Waals surface area contributed by atoms with Crippen LogP contribution >= 0.6 is 23.1 Å². The molecule has 0 aliphatic carbocycles. The third-order valence-electron chi connectivity index (χ3n) is 1.54. The molecule has 4 nitrogen and oxygen atoms in total. The van der Waals surface area contributed by atoms with E-state index in [1.165, 1.54) is 11.3 Å². The van der Waals surface area contributed by atoms with E-state index in [4.69, 9.17) is 10.8 Å². The topological polar surface area (TPSA) is 76.2 Å². The summed E-state index contributed by atoms with van der Waals surface area (Å²) in [5.41, 5.74) is 6.47. The van der Waals surface area contributed by atoms with Crippen molar-refractivity contribution in [3.05, 3.63) is 5.69 Å². The molecule has 0 amide bonds. The van der Waals surface area contributed by atoms with Crippen molar-refractivity contribution in [3.8, 4) is 0 Å². The molecule has 0 atom stereocenters. The minimum absolute atomic E-state index is 0.223. The summed E-state index contributed by atoms with van der Waals surface area (Å²) in [4.78, 5) is 14.3. The Morgan fingerprint density at radius 3 is 2.93 bits per heavy atom. The molecule has 0 bridgehead atoms. The van der Waals surface area contributed by atoms with E-state index in [0.29, 0.717) is 11.6 Å². The zero-order chi connectivity index (χ0) is 10.6. The van der Waals surface area contributed by atoms with Crippen LogP contribution in [0.15, 0.2) is 4.21 Å². The van der Waals surface area contributed by atoms with E-state index in [1.54, 1.807) is 11.8 Å². The smallest absolute Gasteiger partial charge is 0.303 e. The third-order valence-corrected chi connectivity index (χ3v) is 3.97. The van der Waals surface area contributed by atoms with Gasteiger partial charge in [0, 0.05) is 6.42 Å². The Kier molecular flexibility index (Phi) is 4.21. The summed E-state index contributed by atoms with van der Waals surface area (Å²) in [6.45, 7) is 1.91. The normalized spacial score (nSPS) is 10.4. The molecule has 78 valence electrons. The van der Waals surface area contributed by atoms with Gasteiger partial charge in [0.25, 0.3) is 0 Å². The zero-order valence-corrected chi connectivity index (χ0v) is 9.45. The molecule has 3 N–H and O–H groups in total. The van der Waals surface area contributed by atoms with Gasteiger partial charge >= 0.3 is 5.97 Å². The van der Waals surface area contributed by atoms with Crippen molar-refractivity contribution >= 4 is 34.2 Å². The molecule has 1 heterocycles. The van der Waals surface area contributed by atoms with Gasteiger partial charge < -0.3 is 10.8 Å². The molecular formula is C8H12N2O2S2. The van der Waals surface area contributed by atoms with Crippen LogP contribution in [-0.2, 0) is 4.79 Å². The summed E-state index contributed by atoms with van der Waals surface area (Å²) in [6, 6.07) is 0. The second kappa shape index (κ2) is 5.21. The van der Waals surface area contributed by atoms with Gasteiger partial charge in [-0.05, 0) is 19.1 Å². The van der Waals surface area contributed by atoms with Crippen LogP contribution < -0.4 is 5.73 Å². The van der Waals surface area contributed by atoms with Crippen LogP contribution in [0.5, 0.6) is 0 Å². The first-order valence-electron chi connectivity index (χ1n) is 4.17. The van der Waals surface area contributed by atoms with Crippen LogP contribution in [0.25, 0.3) is 0 Å². The number of thioether (sulfide) groups is 1. The molecule has 0 aromatic carbocycles. The number of carbonyl (C=O) groups is 1. The summed E-state index contributed by atoms with van der Waals surface area (Å²) in [7, 11) is 0. The predicted octanol–water partition coefficient (Wildman–Crippen LogP) is 1.99. The third kappa shape index (κ3) is 3.55. The van der Waals surface area contributed by atoms with Crippen LogP contribution in [0.1, 0.15) is 18.5 Å². The monoisotopic (exact) mass is 232 g/mol. The lowest BCUT2D eigenvalue weighted by molar-refractivity contribution is -0.137. The summed E-state index contributed by atoms with van der Waals surface area (Å²) in [6.07, 6.45) is 0.900. The Balaban J connectivity index is 2.31. The van der Waals surface area contributed by atoms with Crippen molar-refractivity contribution in [2.75, 3.05) is 11.5 Å². The highest BCUT2D eigenvalue weighted by atomic mass is 32.2. The molecule has 0 radical (unpaired) electrons. The highest BCUT2D eigenvalue weighted by Crippen LogP contribution is 2.30. The number of aromatic nitrogens is 1. The number of aliphatic carboxylic acids is 1. The Morgan fingerprint density at radius 2 is 2.43 bits per heavy atom. The van der Waals surface area contributed by atoms with Gasteiger partial charge in [0.2, 0.25) is 0 Å². The first kappa shape index (κ1) is 11.3. The molecule has 6 heteroatoms. The first-order chi connectivity index (χ1) is 6.59. The predicted molar refractivity (Wildman–Crippen MR) is 58.9 cm³/mol. The van der Waals surface area contributed by atoms with Crippen LogP contribution in [0.2, 0.25) is 0 Å². The molecule has 1 aromatic heterocycles. The van der Waals surface area contributed by atoms with Crippen molar-refractivity contribution in [2.45, 2.75) is 24.0 Å². The number of carboxylic acids is 1. The van der Waals surface area contributed by atoms with Gasteiger partial charge in [-0.15, -0.1) is 11.8 Å². The van der Waals surface area contributed by atoms with E-state index in [2.05, 4.69) is 4.98 Å². The maximum absolute atomic E-state index is 10.2. The van der Waals surface area contributed by atoms with Crippen LogP contribution in [0.4, 0.5) is 5.13 Å². The van der Waals surface area contributed by atoms with Gasteiger partial charge in [0.15, 0.2) is 5.13 Å². The number of nitrogens with two attached hydrogens (primary N) is 1. The van der Waals surface area contributed by atoms with Crippen LogP contribution in [0.3, 0.4) is 0 Å². The number of nitrogens with zero attached hydrogens (tertiary/aromatic N) is 1. The molecule has 0 spiro atoms.